The Morgan fingerprint density at radius 3 is 2.45 bits per heavy atom. The summed E-state index contributed by atoms with van der Waals surface area (Å²) in [6.07, 6.45) is 0. The van der Waals surface area contributed by atoms with Crippen LogP contribution in [0.2, 0.25) is 0 Å². The molecule has 7 heteroatoms. The van der Waals surface area contributed by atoms with Gasteiger partial charge in [-0.2, -0.15) is 11.3 Å². The molecule has 0 aliphatic carbocycles. The van der Waals surface area contributed by atoms with Crippen molar-refractivity contribution in [3.8, 4) is 0 Å². The highest BCUT2D eigenvalue weighted by atomic mass is 32.2. The molecule has 2 aromatic rings. The van der Waals surface area contributed by atoms with E-state index in [1.165, 1.54) is 11.3 Å². The molecular weight excluding hydrogens is 312 g/mol. The average Bonchev–Trinajstić information content (AvgIpc) is 2.94. The van der Waals surface area contributed by atoms with Crippen molar-refractivity contribution in [2.24, 2.45) is 0 Å². The van der Waals surface area contributed by atoms with Crippen LogP contribution in [0.4, 0.5) is 0 Å². The van der Waals surface area contributed by atoms with E-state index >= 15 is 0 Å². The Morgan fingerprint density at radius 1 is 1.10 bits per heavy atom. The van der Waals surface area contributed by atoms with Gasteiger partial charge in [-0.15, -0.1) is 11.3 Å². The number of aryl methyl sites for hydroxylation is 2. The van der Waals surface area contributed by atoms with Crippen molar-refractivity contribution in [2.45, 2.75) is 31.8 Å². The first-order valence-electron chi connectivity index (χ1n) is 6.18. The second-order valence-electron chi connectivity index (χ2n) is 4.61. The minimum Gasteiger partial charge on any atom is -0.315 e. The average molecular weight is 330 g/mol. The molecule has 0 amide bonds. The number of hydrogen-bond donors (Lipinski definition) is 2. The topological polar surface area (TPSA) is 58.2 Å². The molecule has 0 aliphatic rings. The van der Waals surface area contributed by atoms with Crippen molar-refractivity contribution >= 4 is 32.7 Å². The van der Waals surface area contributed by atoms with Crippen molar-refractivity contribution in [2.75, 3.05) is 7.05 Å². The highest BCUT2D eigenvalue weighted by Gasteiger charge is 2.22. The van der Waals surface area contributed by atoms with Gasteiger partial charge in [0.1, 0.15) is 4.90 Å². The summed E-state index contributed by atoms with van der Waals surface area (Å²) >= 11 is 3.06. The molecule has 0 fully saturated rings. The van der Waals surface area contributed by atoms with Crippen LogP contribution in [0.1, 0.15) is 21.6 Å². The largest absolute Gasteiger partial charge is 0.315 e. The molecule has 0 spiro atoms. The van der Waals surface area contributed by atoms with E-state index in [4.69, 9.17) is 0 Å². The third-order valence-electron chi connectivity index (χ3n) is 3.01. The van der Waals surface area contributed by atoms with Crippen LogP contribution in [0.15, 0.2) is 21.0 Å². The lowest BCUT2D eigenvalue weighted by Gasteiger charge is -2.09. The van der Waals surface area contributed by atoms with Gasteiger partial charge >= 0.3 is 0 Å². The van der Waals surface area contributed by atoms with Crippen LogP contribution in [0, 0.1) is 13.8 Å². The first kappa shape index (κ1) is 15.7. The quantitative estimate of drug-likeness (QED) is 0.856. The van der Waals surface area contributed by atoms with Crippen molar-refractivity contribution in [3.63, 3.8) is 0 Å². The Labute approximate surface area is 127 Å². The summed E-state index contributed by atoms with van der Waals surface area (Å²) in [5.41, 5.74) is 2.95. The van der Waals surface area contributed by atoms with Crippen molar-refractivity contribution in [1.82, 2.24) is 10.0 Å². The van der Waals surface area contributed by atoms with E-state index in [-0.39, 0.29) is 0 Å². The summed E-state index contributed by atoms with van der Waals surface area (Å²) in [7, 11) is -1.66. The Balaban J connectivity index is 2.22. The van der Waals surface area contributed by atoms with Crippen LogP contribution in [0.3, 0.4) is 0 Å². The summed E-state index contributed by atoms with van der Waals surface area (Å²) in [6, 6.07) is 0. The molecule has 2 aromatic heterocycles. The lowest BCUT2D eigenvalue weighted by atomic mass is 10.2. The second-order valence-corrected chi connectivity index (χ2v) is 8.02. The first-order chi connectivity index (χ1) is 9.45. The predicted octanol–water partition coefficient (Wildman–Crippen LogP) is 2.62. The van der Waals surface area contributed by atoms with Gasteiger partial charge in [0.05, 0.1) is 0 Å². The molecular formula is C13H18N2O2S3. The van der Waals surface area contributed by atoms with Gasteiger partial charge in [-0.25, -0.2) is 13.1 Å². The van der Waals surface area contributed by atoms with E-state index in [1.807, 2.05) is 37.0 Å². The minimum atomic E-state index is -3.47. The van der Waals surface area contributed by atoms with E-state index in [0.29, 0.717) is 18.0 Å². The van der Waals surface area contributed by atoms with Gasteiger partial charge in [-0.05, 0) is 53.7 Å². The number of nitrogens with one attached hydrogen (secondary N) is 2. The fraction of sp³-hybridized carbons (Fsp3) is 0.385. The third kappa shape index (κ3) is 3.29. The maximum atomic E-state index is 12.5. The zero-order chi connectivity index (χ0) is 14.8. The highest BCUT2D eigenvalue weighted by molar-refractivity contribution is 7.89. The summed E-state index contributed by atoms with van der Waals surface area (Å²) < 4.78 is 27.7. The van der Waals surface area contributed by atoms with Gasteiger partial charge in [-0.3, -0.25) is 0 Å². The van der Waals surface area contributed by atoms with Crippen molar-refractivity contribution in [1.29, 1.82) is 0 Å². The Hall–Kier alpha value is -0.730. The molecule has 110 valence electrons. The van der Waals surface area contributed by atoms with E-state index in [1.54, 1.807) is 11.3 Å². The molecule has 0 aromatic carbocycles. The molecule has 0 unspecified atom stereocenters. The van der Waals surface area contributed by atoms with Crippen LogP contribution in [-0.4, -0.2) is 15.5 Å². The number of hydrogen-bond acceptors (Lipinski definition) is 5. The van der Waals surface area contributed by atoms with Crippen molar-refractivity contribution < 1.29 is 8.42 Å². The lowest BCUT2D eigenvalue weighted by Crippen LogP contribution is -2.25. The second kappa shape index (κ2) is 6.36. The third-order valence-corrected chi connectivity index (χ3v) is 6.78. The summed E-state index contributed by atoms with van der Waals surface area (Å²) in [5, 5.41) is 8.89. The van der Waals surface area contributed by atoms with E-state index in [9.17, 15) is 8.42 Å². The lowest BCUT2D eigenvalue weighted by molar-refractivity contribution is 0.579. The molecule has 0 aliphatic heterocycles. The van der Waals surface area contributed by atoms with E-state index in [0.717, 1.165) is 21.6 Å². The molecule has 2 N–H and O–H groups in total. The van der Waals surface area contributed by atoms with Crippen LogP contribution in [0.25, 0.3) is 0 Å². The predicted molar refractivity (Wildman–Crippen MR) is 84.9 cm³/mol. The molecule has 0 bridgehead atoms. The fourth-order valence-corrected chi connectivity index (χ4v) is 5.63. The van der Waals surface area contributed by atoms with Crippen LogP contribution in [0.5, 0.6) is 0 Å². The van der Waals surface area contributed by atoms with E-state index < -0.39 is 10.0 Å². The monoisotopic (exact) mass is 330 g/mol. The highest BCUT2D eigenvalue weighted by Crippen LogP contribution is 2.27. The molecule has 0 saturated heterocycles. The van der Waals surface area contributed by atoms with Gasteiger partial charge in [0.25, 0.3) is 0 Å². The maximum absolute atomic E-state index is 12.5. The number of thiophene rings is 2. The maximum Gasteiger partial charge on any atom is 0.242 e. The smallest absolute Gasteiger partial charge is 0.242 e. The molecule has 0 atom stereocenters. The molecule has 4 nitrogen and oxygen atoms in total. The van der Waals surface area contributed by atoms with Gasteiger partial charge in [-0.1, -0.05) is 0 Å². The zero-order valence-corrected chi connectivity index (χ0v) is 14.1. The van der Waals surface area contributed by atoms with Gasteiger partial charge in [0.2, 0.25) is 10.0 Å². The van der Waals surface area contributed by atoms with Crippen LogP contribution >= 0.6 is 22.7 Å². The molecule has 20 heavy (non-hydrogen) atoms. The zero-order valence-electron chi connectivity index (χ0n) is 11.7. The Morgan fingerprint density at radius 2 is 1.85 bits per heavy atom. The molecule has 0 radical (unpaired) electrons. The van der Waals surface area contributed by atoms with Gasteiger partial charge in [0, 0.05) is 18.0 Å². The normalized spacial score (nSPS) is 11.9. The Kier molecular flexibility index (Phi) is 4.98. The van der Waals surface area contributed by atoms with Crippen molar-refractivity contribution in [3.05, 3.63) is 37.7 Å². The van der Waals surface area contributed by atoms with Gasteiger partial charge < -0.3 is 5.32 Å². The molecule has 2 rings (SSSR count). The standard InChI is InChI=1S/C13H18N2O2S3/c1-9-6-18-8-11(9)4-15-20(16,17)13-10(2)7-19-12(13)5-14-3/h6-8,14-15H,4-5H2,1-3H3. The number of sulfonamides is 1. The summed E-state index contributed by atoms with van der Waals surface area (Å²) in [5.74, 6) is 0. The first-order valence-corrected chi connectivity index (χ1v) is 9.49. The molecule has 2 heterocycles. The fourth-order valence-electron chi connectivity index (χ4n) is 1.94. The number of rotatable bonds is 6. The summed E-state index contributed by atoms with van der Waals surface area (Å²) in [6.45, 7) is 4.72. The minimum absolute atomic E-state index is 0.339. The van der Waals surface area contributed by atoms with E-state index in [2.05, 4.69) is 10.0 Å². The van der Waals surface area contributed by atoms with Crippen LogP contribution < -0.4 is 10.0 Å². The Bertz CT molecular complexity index is 686. The molecule has 0 saturated carbocycles. The summed E-state index contributed by atoms with van der Waals surface area (Å²) in [4.78, 5) is 1.27. The van der Waals surface area contributed by atoms with Crippen LogP contribution in [-0.2, 0) is 23.1 Å². The SMILES string of the molecule is CNCc1scc(C)c1S(=O)(=O)NCc1cscc1C. The van der Waals surface area contributed by atoms with Gasteiger partial charge in [0.15, 0.2) is 0 Å².